The second-order valence-corrected chi connectivity index (χ2v) is 33.3. The van der Waals surface area contributed by atoms with Crippen molar-refractivity contribution >= 4 is 63.7 Å². The van der Waals surface area contributed by atoms with E-state index in [1.54, 1.807) is 22.9 Å². The number of benzene rings is 7. The molecular weight excluding hydrogens is 1430 g/mol. The van der Waals surface area contributed by atoms with Gasteiger partial charge in [-0.2, -0.15) is 0 Å². The van der Waals surface area contributed by atoms with Gasteiger partial charge in [0, 0.05) is 172 Å². The second-order valence-electron chi connectivity index (χ2n) is 33.3. The van der Waals surface area contributed by atoms with Gasteiger partial charge in [0.25, 0.3) is 5.92 Å². The molecule has 7 saturated heterocycles. The van der Waals surface area contributed by atoms with Gasteiger partial charge in [0.05, 0.1) is 18.9 Å². The van der Waals surface area contributed by atoms with E-state index >= 15 is 0 Å². The smallest absolute Gasteiger partial charge is 0.324 e. The molecule has 7 aliphatic rings. The molecule has 6 amide bonds. The molecule has 14 rings (SSSR count). The second kappa shape index (κ2) is 44.0. The van der Waals surface area contributed by atoms with Crippen molar-refractivity contribution in [3.05, 3.63) is 209 Å². The zero-order valence-electron chi connectivity index (χ0n) is 71.6. The maximum atomic E-state index is 14.0. The first-order chi connectivity index (χ1) is 54.3. The fourth-order valence-electron chi connectivity index (χ4n) is 14.3. The van der Waals surface area contributed by atoms with Crippen LogP contribution in [-0.4, -0.2) is 190 Å². The highest BCUT2D eigenvalue weighted by Crippen LogP contribution is 2.33. The summed E-state index contributed by atoms with van der Waals surface area (Å²) in [6.45, 7) is 46.6. The molecule has 0 aliphatic carbocycles. The van der Waals surface area contributed by atoms with E-state index in [2.05, 4.69) is 252 Å². The summed E-state index contributed by atoms with van der Waals surface area (Å²) in [7, 11) is 5.73. The molecule has 0 bridgehead atoms. The Labute approximate surface area is 681 Å². The highest BCUT2D eigenvalue weighted by molar-refractivity contribution is 5.94. The summed E-state index contributed by atoms with van der Waals surface area (Å²) in [6.07, 6.45) is 1.77. The average molecular weight is 1570 g/mol. The molecule has 3 N–H and O–H groups in total. The number of halogens is 3. The number of alkyl halides is 2. The Kier molecular flexibility index (Phi) is 34.8. The van der Waals surface area contributed by atoms with Crippen molar-refractivity contribution in [3.8, 4) is 0 Å². The van der Waals surface area contributed by atoms with Gasteiger partial charge in [-0.05, 0) is 185 Å². The summed E-state index contributed by atoms with van der Waals surface area (Å²) in [5.41, 5.74) is 16.6. The number of urea groups is 2. The van der Waals surface area contributed by atoms with Gasteiger partial charge in [0.2, 0.25) is 11.8 Å². The SMILES string of the molecule is CC(C)c1ccc(N2CCC(F)(F)CC2)cc1.CC(C)c1ccc(N2CCCNCC2)cc1.CC(C)c1ccc(N2CCN(C)C2)cc1.CC(C)c1ccc(N2CCN(C)C2=O)c(F)c1.CC(C)c1ccc(N2CCN(C)C2=O)cc1.CC(C)c1ccc(N2CCNC(=O)C2)cc1.CC(C)c1ccc(N2CCNC(=O)CC2)cc1. The van der Waals surface area contributed by atoms with Crippen LogP contribution in [-0.2, 0) is 9.59 Å². The van der Waals surface area contributed by atoms with E-state index in [1.807, 2.05) is 61.0 Å². The summed E-state index contributed by atoms with van der Waals surface area (Å²) in [5, 5.41) is 9.16. The van der Waals surface area contributed by atoms with E-state index in [0.29, 0.717) is 80.3 Å². The van der Waals surface area contributed by atoms with Gasteiger partial charge >= 0.3 is 12.1 Å². The van der Waals surface area contributed by atoms with Crippen LogP contribution in [0.15, 0.2) is 164 Å². The van der Waals surface area contributed by atoms with Crippen LogP contribution >= 0.6 is 0 Å². The van der Waals surface area contributed by atoms with E-state index in [9.17, 15) is 32.3 Å². The van der Waals surface area contributed by atoms with Crippen LogP contribution < -0.4 is 50.2 Å². The van der Waals surface area contributed by atoms with Gasteiger partial charge in [0.15, 0.2) is 0 Å². The number of amides is 6. The molecule has 0 radical (unpaired) electrons. The summed E-state index contributed by atoms with van der Waals surface area (Å²) in [6, 6.07) is 56.8. The van der Waals surface area contributed by atoms with Crippen LogP contribution in [0.1, 0.15) is 203 Å². The molecular formula is C94H134F3N13O4. The van der Waals surface area contributed by atoms with Crippen LogP contribution in [0.25, 0.3) is 0 Å². The standard InChI is InChI=1S/C14H19F2N.C14H20N2O.C14H22N2.C13H17FN2O.2C13H18N2O.C13H20N2/c1-11(2)12-3-5-13(6-4-12)17-9-7-14(15,16)8-10-17;1-11(2)12-3-5-13(6-4-12)16-9-7-14(17)15-8-10-16;1-12(2)13-4-6-14(7-5-13)16-10-3-8-15-9-11-16;1-9(2)10-4-5-12(11(14)8-10)16-7-6-15(3)13(16)17;1-10(2)11-4-6-12(7-5-11)15-9-8-14(3)13(15)16;1-10(2)11-3-5-12(6-4-11)15-8-7-14-13(16)9-15;1-11(2)12-4-6-13(7-5-12)15-9-8-14(3)10-15/h3-6,11H,7-10H2,1-2H3;3-6,11H,7-10H2,1-2H3,(H,15,17);4-7,12,15H,3,8-11H2,1-2H3;4-5,8-9H,6-7H2,1-3H3;4-7,10H,8-9H2,1-3H3;3-6,10H,7-9H2,1-2H3,(H,14,16);4-7,11H,8-10H2,1-3H3. The Morgan fingerprint density at radius 3 is 1.07 bits per heavy atom. The fraction of sp³-hybridized carbons (Fsp3) is 0.511. The first kappa shape index (κ1) is 90.3. The minimum absolute atomic E-state index is 0.0288. The number of anilines is 7. The molecule has 620 valence electrons. The third kappa shape index (κ3) is 27.5. The Morgan fingerprint density at radius 1 is 0.333 bits per heavy atom. The number of rotatable bonds is 14. The van der Waals surface area contributed by atoms with Crippen molar-refractivity contribution in [2.75, 3.05) is 180 Å². The van der Waals surface area contributed by atoms with Crippen molar-refractivity contribution in [1.29, 1.82) is 0 Å². The molecule has 0 unspecified atom stereocenters. The number of hydrogen-bond donors (Lipinski definition) is 3. The quantitative estimate of drug-likeness (QED) is 0.0960. The minimum atomic E-state index is -2.46. The topological polar surface area (TPSA) is 137 Å². The number of carbonyl (C=O) groups is 4. The van der Waals surface area contributed by atoms with Gasteiger partial charge in [-0.25, -0.2) is 22.8 Å². The largest absolute Gasteiger partial charge is 0.371 e. The summed E-state index contributed by atoms with van der Waals surface area (Å²) in [4.78, 5) is 66.4. The molecule has 7 aromatic rings. The van der Waals surface area contributed by atoms with Gasteiger partial charge < -0.3 is 50.2 Å². The fourth-order valence-corrected chi connectivity index (χ4v) is 14.3. The Morgan fingerprint density at radius 2 is 0.684 bits per heavy atom. The Bertz CT molecular complexity index is 4050. The molecule has 20 heteroatoms. The number of piperidine rings is 1. The molecule has 7 aromatic carbocycles. The summed E-state index contributed by atoms with van der Waals surface area (Å²) in [5.74, 6) is 1.19. The first-order valence-electron chi connectivity index (χ1n) is 41.8. The number of nitrogens with one attached hydrogen (secondary N) is 3. The number of piperazine rings is 1. The zero-order chi connectivity index (χ0) is 82.8. The van der Waals surface area contributed by atoms with Crippen molar-refractivity contribution in [3.63, 3.8) is 0 Å². The van der Waals surface area contributed by atoms with E-state index in [-0.39, 0.29) is 48.5 Å². The predicted octanol–water partition coefficient (Wildman–Crippen LogP) is 18.6. The maximum absolute atomic E-state index is 14.0. The van der Waals surface area contributed by atoms with Crippen LogP contribution in [0.3, 0.4) is 0 Å². The van der Waals surface area contributed by atoms with Crippen molar-refractivity contribution < 1.29 is 32.3 Å². The highest BCUT2D eigenvalue weighted by Gasteiger charge is 2.34. The molecule has 0 spiro atoms. The van der Waals surface area contributed by atoms with E-state index in [1.165, 1.54) is 80.9 Å². The first-order valence-corrected chi connectivity index (χ1v) is 41.8. The van der Waals surface area contributed by atoms with Crippen LogP contribution in [0, 0.1) is 5.82 Å². The number of likely N-dealkylation sites (N-methyl/N-ethyl adjacent to an activating group) is 3. The maximum Gasteiger partial charge on any atom is 0.324 e. The Balaban J connectivity index is 0.000000167. The lowest BCUT2D eigenvalue weighted by atomic mass is 10.0. The monoisotopic (exact) mass is 1570 g/mol. The molecule has 0 aromatic heterocycles. The van der Waals surface area contributed by atoms with Crippen molar-refractivity contribution in [2.24, 2.45) is 0 Å². The molecule has 7 heterocycles. The molecule has 7 fully saturated rings. The third-order valence-electron chi connectivity index (χ3n) is 22.2. The molecule has 17 nitrogen and oxygen atoms in total. The lowest BCUT2D eigenvalue weighted by Crippen LogP contribution is -2.47. The lowest BCUT2D eigenvalue weighted by Gasteiger charge is -2.33. The molecule has 7 aliphatic heterocycles. The van der Waals surface area contributed by atoms with E-state index in [4.69, 9.17) is 0 Å². The van der Waals surface area contributed by atoms with E-state index in [0.717, 1.165) is 101 Å². The van der Waals surface area contributed by atoms with E-state index < -0.39 is 5.92 Å². The third-order valence-corrected chi connectivity index (χ3v) is 22.2. The Hall–Kier alpha value is -9.27. The number of nitrogens with zero attached hydrogens (tertiary/aromatic N) is 10. The van der Waals surface area contributed by atoms with Gasteiger partial charge in [-0.3, -0.25) is 24.3 Å². The van der Waals surface area contributed by atoms with Crippen LogP contribution in [0.4, 0.5) is 62.6 Å². The lowest BCUT2D eigenvalue weighted by molar-refractivity contribution is -0.121. The van der Waals surface area contributed by atoms with Gasteiger partial charge in [-0.15, -0.1) is 0 Å². The number of hydrogen-bond acceptors (Lipinski definition) is 11. The zero-order valence-corrected chi connectivity index (χ0v) is 71.6. The van der Waals surface area contributed by atoms with Gasteiger partial charge in [-0.1, -0.05) is 176 Å². The molecule has 114 heavy (non-hydrogen) atoms. The number of carbonyl (C=O) groups excluding carboxylic acids is 4. The molecule has 0 saturated carbocycles. The molecule has 0 atom stereocenters. The van der Waals surface area contributed by atoms with Crippen molar-refractivity contribution in [1.82, 2.24) is 30.7 Å². The summed E-state index contributed by atoms with van der Waals surface area (Å²) < 4.78 is 40.0. The minimum Gasteiger partial charge on any atom is -0.371 e. The normalized spacial score (nSPS) is 17.3. The van der Waals surface area contributed by atoms with Crippen LogP contribution in [0.2, 0.25) is 0 Å². The highest BCUT2D eigenvalue weighted by atomic mass is 19.3. The van der Waals surface area contributed by atoms with Gasteiger partial charge in [0.1, 0.15) is 5.82 Å². The van der Waals surface area contributed by atoms with Crippen LogP contribution in [0.5, 0.6) is 0 Å². The van der Waals surface area contributed by atoms with Crippen molar-refractivity contribution in [2.45, 2.75) is 170 Å². The summed E-state index contributed by atoms with van der Waals surface area (Å²) >= 11 is 0. The average Bonchev–Trinajstić information content (AvgIpc) is 1.38. The predicted molar refractivity (Wildman–Crippen MR) is 470 cm³/mol.